The number of nitrogens with one attached hydrogen (secondary N) is 1. The van der Waals surface area contributed by atoms with E-state index in [9.17, 15) is 4.79 Å². The van der Waals surface area contributed by atoms with Crippen molar-refractivity contribution in [1.29, 1.82) is 0 Å². The van der Waals surface area contributed by atoms with Crippen LogP contribution in [0.4, 0.5) is 5.82 Å². The number of piperidine rings is 1. The van der Waals surface area contributed by atoms with Gasteiger partial charge in [0, 0.05) is 13.6 Å². The number of halogens is 1. The zero-order valence-corrected chi connectivity index (χ0v) is 14.2. The first kappa shape index (κ1) is 16.5. The lowest BCUT2D eigenvalue weighted by Gasteiger charge is -2.33. The maximum Gasteiger partial charge on any atom is 0.271 e. The first-order valence-corrected chi connectivity index (χ1v) is 8.27. The van der Waals surface area contributed by atoms with E-state index in [1.807, 2.05) is 30.3 Å². The van der Waals surface area contributed by atoms with Crippen molar-refractivity contribution >= 4 is 23.3 Å². The van der Waals surface area contributed by atoms with Crippen LogP contribution in [0.3, 0.4) is 0 Å². The molecule has 1 aliphatic rings. The second-order valence-electron chi connectivity index (χ2n) is 5.61. The Balaban J connectivity index is 1.67. The van der Waals surface area contributed by atoms with Crippen LogP contribution >= 0.6 is 11.6 Å². The van der Waals surface area contributed by atoms with Crippen molar-refractivity contribution in [1.82, 2.24) is 15.5 Å². The molecule has 7 heteroatoms. The number of nitrogens with zero attached hydrogens (tertiary/aromatic N) is 3. The highest BCUT2D eigenvalue weighted by molar-refractivity contribution is 6.32. The standard InChI is InChI=1S/C17H19ClN4O2/c1-19-17(23)14-8-9-16(21-20-14)22-10-4-5-12(11-22)24-15-7-3-2-6-13(15)18/h2-3,6-9,12H,4-5,10-11H2,1H3,(H,19,23). The molecule has 1 atom stereocenters. The van der Waals surface area contributed by atoms with Crippen molar-refractivity contribution < 1.29 is 9.53 Å². The lowest BCUT2D eigenvalue weighted by Crippen LogP contribution is -2.41. The third-order valence-electron chi connectivity index (χ3n) is 3.94. The van der Waals surface area contributed by atoms with Gasteiger partial charge in [0.2, 0.25) is 0 Å². The number of carbonyl (C=O) groups excluding carboxylic acids is 1. The number of benzene rings is 1. The molecule has 2 heterocycles. The SMILES string of the molecule is CNC(=O)c1ccc(N2CCCC(Oc3ccccc3Cl)C2)nn1. The number of amides is 1. The van der Waals surface area contributed by atoms with Crippen molar-refractivity contribution in [2.24, 2.45) is 0 Å². The summed E-state index contributed by atoms with van der Waals surface area (Å²) in [4.78, 5) is 13.6. The molecule has 0 aliphatic carbocycles. The lowest BCUT2D eigenvalue weighted by atomic mass is 10.1. The third kappa shape index (κ3) is 3.76. The van der Waals surface area contributed by atoms with Crippen molar-refractivity contribution in [2.45, 2.75) is 18.9 Å². The lowest BCUT2D eigenvalue weighted by molar-refractivity contribution is 0.0957. The summed E-state index contributed by atoms with van der Waals surface area (Å²) < 4.78 is 6.03. The summed E-state index contributed by atoms with van der Waals surface area (Å²) in [6, 6.07) is 11.0. The number of hydrogen-bond donors (Lipinski definition) is 1. The molecule has 0 spiro atoms. The van der Waals surface area contributed by atoms with Gasteiger partial charge in [-0.2, -0.15) is 0 Å². The maximum atomic E-state index is 11.5. The molecule has 3 rings (SSSR count). The molecule has 0 radical (unpaired) electrons. The van der Waals surface area contributed by atoms with Gasteiger partial charge >= 0.3 is 0 Å². The summed E-state index contributed by atoms with van der Waals surface area (Å²) in [5.41, 5.74) is 0.308. The molecule has 1 amide bonds. The quantitative estimate of drug-likeness (QED) is 0.921. The topological polar surface area (TPSA) is 67.4 Å². The van der Waals surface area contributed by atoms with E-state index in [4.69, 9.17) is 16.3 Å². The van der Waals surface area contributed by atoms with Crippen LogP contribution in [0, 0.1) is 0 Å². The normalized spacial score (nSPS) is 17.4. The maximum absolute atomic E-state index is 11.5. The second-order valence-corrected chi connectivity index (χ2v) is 6.02. The Morgan fingerprint density at radius 3 is 2.83 bits per heavy atom. The Kier molecular flexibility index (Phi) is 5.15. The van der Waals surface area contributed by atoms with E-state index in [0.717, 1.165) is 25.2 Å². The summed E-state index contributed by atoms with van der Waals surface area (Å²) in [6.07, 6.45) is 2.00. The largest absolute Gasteiger partial charge is 0.487 e. The van der Waals surface area contributed by atoms with Gasteiger partial charge in [-0.3, -0.25) is 4.79 Å². The van der Waals surface area contributed by atoms with E-state index in [2.05, 4.69) is 20.4 Å². The predicted octanol–water partition coefficient (Wildman–Crippen LogP) is 2.54. The van der Waals surface area contributed by atoms with Gasteiger partial charge in [0.15, 0.2) is 11.5 Å². The molecule has 1 unspecified atom stereocenters. The highest BCUT2D eigenvalue weighted by Gasteiger charge is 2.23. The van der Waals surface area contributed by atoms with Crippen molar-refractivity contribution in [2.75, 3.05) is 25.0 Å². The number of anilines is 1. The van der Waals surface area contributed by atoms with Gasteiger partial charge in [0.05, 0.1) is 11.6 Å². The number of aromatic nitrogens is 2. The minimum atomic E-state index is -0.243. The van der Waals surface area contributed by atoms with Gasteiger partial charge < -0.3 is 15.0 Å². The van der Waals surface area contributed by atoms with Crippen molar-refractivity contribution in [3.05, 3.63) is 47.1 Å². The third-order valence-corrected chi connectivity index (χ3v) is 4.25. The van der Waals surface area contributed by atoms with E-state index >= 15 is 0 Å². The van der Waals surface area contributed by atoms with Gasteiger partial charge in [-0.1, -0.05) is 23.7 Å². The Bertz CT molecular complexity index is 708. The number of ether oxygens (including phenoxy) is 1. The summed E-state index contributed by atoms with van der Waals surface area (Å²) in [5.74, 6) is 1.20. The smallest absolute Gasteiger partial charge is 0.271 e. The zero-order chi connectivity index (χ0) is 16.9. The molecular weight excluding hydrogens is 328 g/mol. The highest BCUT2D eigenvalue weighted by Crippen LogP contribution is 2.27. The fraction of sp³-hybridized carbons (Fsp3) is 0.353. The van der Waals surface area contributed by atoms with Crippen LogP contribution < -0.4 is 15.0 Å². The predicted molar refractivity (Wildman–Crippen MR) is 92.7 cm³/mol. The number of hydrogen-bond acceptors (Lipinski definition) is 5. The molecule has 2 aromatic rings. The summed E-state index contributed by atoms with van der Waals surface area (Å²) >= 11 is 6.16. The van der Waals surface area contributed by atoms with E-state index < -0.39 is 0 Å². The molecule has 24 heavy (non-hydrogen) atoms. The van der Waals surface area contributed by atoms with Crippen LogP contribution in [-0.4, -0.2) is 42.3 Å². The molecule has 1 saturated heterocycles. The first-order valence-electron chi connectivity index (χ1n) is 7.89. The van der Waals surface area contributed by atoms with Crippen molar-refractivity contribution in [3.8, 4) is 5.75 Å². The highest BCUT2D eigenvalue weighted by atomic mass is 35.5. The van der Waals surface area contributed by atoms with Crippen LogP contribution in [0.25, 0.3) is 0 Å². The van der Waals surface area contributed by atoms with Gasteiger partial charge in [0.25, 0.3) is 5.91 Å². The van der Waals surface area contributed by atoms with Gasteiger partial charge in [-0.05, 0) is 37.1 Å². The minimum Gasteiger partial charge on any atom is -0.487 e. The summed E-state index contributed by atoms with van der Waals surface area (Å²) in [6.45, 7) is 1.59. The van der Waals surface area contributed by atoms with E-state index in [1.54, 1.807) is 13.1 Å². The molecule has 1 aromatic heterocycles. The fourth-order valence-electron chi connectivity index (χ4n) is 2.71. The van der Waals surface area contributed by atoms with Crippen LogP contribution in [0.1, 0.15) is 23.3 Å². The average molecular weight is 347 g/mol. The van der Waals surface area contributed by atoms with Crippen molar-refractivity contribution in [3.63, 3.8) is 0 Å². The number of rotatable bonds is 4. The van der Waals surface area contributed by atoms with E-state index in [1.165, 1.54) is 0 Å². The number of carbonyl (C=O) groups is 1. The number of para-hydroxylation sites is 1. The molecule has 0 bridgehead atoms. The van der Waals surface area contributed by atoms with E-state index in [-0.39, 0.29) is 12.0 Å². The van der Waals surface area contributed by atoms with Crippen LogP contribution in [-0.2, 0) is 0 Å². The summed E-state index contributed by atoms with van der Waals surface area (Å²) in [7, 11) is 1.57. The molecule has 126 valence electrons. The van der Waals surface area contributed by atoms with Gasteiger partial charge in [0.1, 0.15) is 11.9 Å². The molecule has 1 aliphatic heterocycles. The molecule has 1 aromatic carbocycles. The van der Waals surface area contributed by atoms with Gasteiger partial charge in [-0.25, -0.2) is 0 Å². The molecule has 1 N–H and O–H groups in total. The Morgan fingerprint density at radius 2 is 2.12 bits per heavy atom. The fourth-order valence-corrected chi connectivity index (χ4v) is 2.89. The first-order chi connectivity index (χ1) is 11.7. The minimum absolute atomic E-state index is 0.0408. The van der Waals surface area contributed by atoms with Gasteiger partial charge in [-0.15, -0.1) is 10.2 Å². The summed E-state index contributed by atoms with van der Waals surface area (Å²) in [5, 5.41) is 11.3. The second kappa shape index (κ2) is 7.49. The molecule has 0 saturated carbocycles. The van der Waals surface area contributed by atoms with E-state index in [0.29, 0.717) is 23.0 Å². The molecular formula is C17H19ClN4O2. The molecule has 6 nitrogen and oxygen atoms in total. The Labute approximate surface area is 145 Å². The van der Waals surface area contributed by atoms with Crippen LogP contribution in [0.15, 0.2) is 36.4 Å². The monoisotopic (exact) mass is 346 g/mol. The molecule has 1 fully saturated rings. The Hall–Kier alpha value is -2.34. The zero-order valence-electron chi connectivity index (χ0n) is 13.4. The Morgan fingerprint density at radius 1 is 1.29 bits per heavy atom. The average Bonchev–Trinajstić information content (AvgIpc) is 2.63. The van der Waals surface area contributed by atoms with Crippen LogP contribution in [0.2, 0.25) is 5.02 Å². The van der Waals surface area contributed by atoms with Crippen LogP contribution in [0.5, 0.6) is 5.75 Å².